The van der Waals surface area contributed by atoms with Crippen molar-refractivity contribution in [3.63, 3.8) is 0 Å². The molecule has 12 heteroatoms. The largest absolute Gasteiger partial charge is 0.463 e. The molecule has 1 aliphatic heterocycles. The van der Waals surface area contributed by atoms with Gasteiger partial charge in [-0.05, 0) is 62.4 Å². The Bertz CT molecular complexity index is 1760. The molecule has 3 fully saturated rings. The van der Waals surface area contributed by atoms with Crippen molar-refractivity contribution in [1.82, 2.24) is 24.6 Å². The van der Waals surface area contributed by atoms with Crippen LogP contribution in [0.25, 0.3) is 22.2 Å². The summed E-state index contributed by atoms with van der Waals surface area (Å²) in [4.78, 5) is 20.7. The highest BCUT2D eigenvalue weighted by Gasteiger charge is 2.52. The van der Waals surface area contributed by atoms with Crippen LogP contribution in [0.4, 0.5) is 17.6 Å². The number of nitrogens with zero attached hydrogens (tertiary/aromatic N) is 5. The van der Waals surface area contributed by atoms with Crippen LogP contribution < -0.4 is 5.43 Å². The highest BCUT2D eigenvalue weighted by atomic mass is 19.4. The fourth-order valence-corrected chi connectivity index (χ4v) is 6.20. The lowest BCUT2D eigenvalue weighted by atomic mass is 9.88. The molecule has 0 amide bonds. The van der Waals surface area contributed by atoms with Gasteiger partial charge >= 0.3 is 6.18 Å². The Morgan fingerprint density at radius 1 is 1.07 bits per heavy atom. The average molecular weight is 598 g/mol. The number of hydrogen-bond donors (Lipinski definition) is 0. The molecule has 7 rings (SSSR count). The Kier molecular flexibility index (Phi) is 6.69. The summed E-state index contributed by atoms with van der Waals surface area (Å²) >= 11 is 0. The quantitative estimate of drug-likeness (QED) is 0.252. The van der Waals surface area contributed by atoms with Crippen LogP contribution in [0, 0.1) is 5.92 Å². The Morgan fingerprint density at radius 3 is 2.51 bits per heavy atom. The van der Waals surface area contributed by atoms with Crippen molar-refractivity contribution in [1.29, 1.82) is 0 Å². The third-order valence-corrected chi connectivity index (χ3v) is 8.68. The van der Waals surface area contributed by atoms with Gasteiger partial charge in [0, 0.05) is 49.8 Å². The van der Waals surface area contributed by atoms with Gasteiger partial charge in [-0.3, -0.25) is 14.7 Å². The highest BCUT2D eigenvalue weighted by Crippen LogP contribution is 2.53. The number of benzene rings is 1. The molecular weight excluding hydrogens is 566 g/mol. The van der Waals surface area contributed by atoms with E-state index in [1.807, 2.05) is 11.8 Å². The van der Waals surface area contributed by atoms with Crippen LogP contribution in [0.1, 0.15) is 66.7 Å². The molecule has 1 aromatic carbocycles. The van der Waals surface area contributed by atoms with Crippen molar-refractivity contribution in [3.05, 3.63) is 75.3 Å². The summed E-state index contributed by atoms with van der Waals surface area (Å²) in [6.07, 6.45) is 0.779. The molecule has 43 heavy (non-hydrogen) atoms. The Hall–Kier alpha value is -3.64. The molecule has 0 unspecified atom stereocenters. The first-order chi connectivity index (χ1) is 20.5. The SMILES string of the molecule is C[C@@H]1CN(Cc2cc(C(F)(F)F)c3occ(-c4cc([C@@](F)(c5nncn5C)C5CC5)cc(C5CC5)n4)c(=O)c3c2)CCO1. The molecule has 3 aliphatic rings. The van der Waals surface area contributed by atoms with E-state index in [1.165, 1.54) is 18.5 Å². The van der Waals surface area contributed by atoms with E-state index in [9.17, 15) is 18.0 Å². The molecule has 226 valence electrons. The lowest BCUT2D eigenvalue weighted by Gasteiger charge is -2.31. The van der Waals surface area contributed by atoms with Crippen LogP contribution in [0.5, 0.6) is 0 Å². The predicted molar refractivity (Wildman–Crippen MR) is 149 cm³/mol. The monoisotopic (exact) mass is 597 g/mol. The van der Waals surface area contributed by atoms with Crippen LogP contribution in [0.15, 0.2) is 46.1 Å². The van der Waals surface area contributed by atoms with Crippen LogP contribution in [-0.2, 0) is 30.2 Å². The standard InChI is InChI=1S/C31H31F4N5O3/c1-17-13-40(7-8-42-17)14-18-9-22-27(41)23(15-43-28(22)24(10-18)31(33,34)35)26-12-21(11-25(37-26)19-3-4-19)30(32,20-5-6-20)29-38-36-16-39(29)2/h9-12,15-17,19-20H,3-8,13-14H2,1-2H3/t17-,30-/m1/s1. The van der Waals surface area contributed by atoms with Crippen LogP contribution in [0.2, 0.25) is 0 Å². The molecule has 2 aliphatic carbocycles. The van der Waals surface area contributed by atoms with Gasteiger partial charge in [-0.1, -0.05) is 0 Å². The second-order valence-corrected chi connectivity index (χ2v) is 12.1. The van der Waals surface area contributed by atoms with E-state index in [0.717, 1.165) is 25.2 Å². The first kappa shape index (κ1) is 28.1. The van der Waals surface area contributed by atoms with Crippen LogP contribution >= 0.6 is 0 Å². The number of alkyl halides is 4. The van der Waals surface area contributed by atoms with E-state index in [0.29, 0.717) is 49.4 Å². The van der Waals surface area contributed by atoms with E-state index in [-0.39, 0.29) is 47.0 Å². The number of hydrogen-bond acceptors (Lipinski definition) is 7. The predicted octanol–water partition coefficient (Wildman–Crippen LogP) is 5.72. The average Bonchev–Trinajstić information content (AvgIpc) is 3.90. The minimum atomic E-state index is -4.74. The first-order valence-corrected chi connectivity index (χ1v) is 14.6. The normalized spacial score (nSPS) is 21.3. The molecule has 0 radical (unpaired) electrons. The van der Waals surface area contributed by atoms with Crippen molar-refractivity contribution in [3.8, 4) is 11.3 Å². The summed E-state index contributed by atoms with van der Waals surface area (Å²) in [7, 11) is 1.68. The first-order valence-electron chi connectivity index (χ1n) is 14.6. The maximum atomic E-state index is 17.1. The highest BCUT2D eigenvalue weighted by molar-refractivity contribution is 5.84. The topological polar surface area (TPSA) is 86.3 Å². The number of fused-ring (bicyclic) bond motifs is 1. The van der Waals surface area contributed by atoms with Crippen molar-refractivity contribution in [2.45, 2.75) is 63.0 Å². The molecule has 4 aromatic rings. The van der Waals surface area contributed by atoms with E-state index in [4.69, 9.17) is 14.1 Å². The summed E-state index contributed by atoms with van der Waals surface area (Å²) in [6.45, 7) is 3.73. The number of ether oxygens (including phenoxy) is 1. The molecule has 3 aromatic heterocycles. The van der Waals surface area contributed by atoms with Gasteiger partial charge in [-0.25, -0.2) is 4.39 Å². The number of aryl methyl sites for hydroxylation is 1. The van der Waals surface area contributed by atoms with Crippen molar-refractivity contribution in [2.75, 3.05) is 19.7 Å². The second-order valence-electron chi connectivity index (χ2n) is 12.1. The van der Waals surface area contributed by atoms with E-state index in [1.54, 1.807) is 17.7 Å². The summed E-state index contributed by atoms with van der Waals surface area (Å²) in [6, 6.07) is 5.76. The fraction of sp³-hybridized carbons (Fsp3) is 0.484. The van der Waals surface area contributed by atoms with E-state index in [2.05, 4.69) is 10.2 Å². The summed E-state index contributed by atoms with van der Waals surface area (Å²) in [5, 5.41) is 7.80. The smallest absolute Gasteiger partial charge is 0.420 e. The van der Waals surface area contributed by atoms with Crippen LogP contribution in [0.3, 0.4) is 0 Å². The van der Waals surface area contributed by atoms with Gasteiger partial charge in [0.15, 0.2) is 11.5 Å². The van der Waals surface area contributed by atoms with Gasteiger partial charge in [0.05, 0.1) is 34.9 Å². The van der Waals surface area contributed by atoms with Gasteiger partial charge in [0.2, 0.25) is 5.43 Å². The molecule has 0 spiro atoms. The third kappa shape index (κ3) is 5.14. The van der Waals surface area contributed by atoms with Gasteiger partial charge < -0.3 is 13.7 Å². The molecule has 2 saturated carbocycles. The minimum absolute atomic E-state index is 0.0161. The van der Waals surface area contributed by atoms with E-state index >= 15 is 4.39 Å². The lowest BCUT2D eigenvalue weighted by molar-refractivity contribution is -0.137. The maximum Gasteiger partial charge on any atom is 0.420 e. The molecular formula is C31H31F4N5O3. The zero-order chi connectivity index (χ0) is 30.1. The Labute approximate surface area is 244 Å². The molecule has 0 N–H and O–H groups in total. The summed E-state index contributed by atoms with van der Waals surface area (Å²) < 4.78 is 72.5. The number of morpholine rings is 1. The summed E-state index contributed by atoms with van der Waals surface area (Å²) in [5.41, 5.74) is -2.71. The fourth-order valence-electron chi connectivity index (χ4n) is 6.20. The van der Waals surface area contributed by atoms with Crippen molar-refractivity contribution in [2.24, 2.45) is 13.0 Å². The molecule has 4 heterocycles. The van der Waals surface area contributed by atoms with Crippen LogP contribution in [-0.4, -0.2) is 50.4 Å². The molecule has 2 atom stereocenters. The molecule has 0 bridgehead atoms. The van der Waals surface area contributed by atoms with E-state index < -0.39 is 28.4 Å². The van der Waals surface area contributed by atoms with Gasteiger partial charge in [0.1, 0.15) is 18.2 Å². The molecule has 8 nitrogen and oxygen atoms in total. The zero-order valence-electron chi connectivity index (χ0n) is 23.8. The van der Waals surface area contributed by atoms with Gasteiger partial charge in [-0.15, -0.1) is 10.2 Å². The second kappa shape index (κ2) is 10.2. The Balaban J connectivity index is 1.38. The maximum absolute atomic E-state index is 17.1. The Morgan fingerprint density at radius 2 is 1.86 bits per heavy atom. The number of halogens is 4. The minimum Gasteiger partial charge on any atom is -0.463 e. The summed E-state index contributed by atoms with van der Waals surface area (Å²) in [5.74, 6) is -0.0321. The zero-order valence-corrected chi connectivity index (χ0v) is 23.8. The number of aromatic nitrogens is 4. The third-order valence-electron chi connectivity index (χ3n) is 8.68. The molecule has 1 saturated heterocycles. The van der Waals surface area contributed by atoms with Gasteiger partial charge in [-0.2, -0.15) is 13.2 Å². The van der Waals surface area contributed by atoms with Crippen molar-refractivity contribution < 1.29 is 26.7 Å². The number of pyridine rings is 1. The van der Waals surface area contributed by atoms with Gasteiger partial charge in [0.25, 0.3) is 0 Å². The lowest BCUT2D eigenvalue weighted by Crippen LogP contribution is -2.40. The van der Waals surface area contributed by atoms with Crippen molar-refractivity contribution >= 4 is 11.0 Å². The number of rotatable bonds is 7.